The number of ether oxygens (including phenoxy) is 1. The average Bonchev–Trinajstić information content (AvgIpc) is 3.15. The van der Waals surface area contributed by atoms with E-state index in [0.717, 1.165) is 10.5 Å². The molecule has 3 aromatic rings. The molecule has 1 N–H and O–H groups in total. The van der Waals surface area contributed by atoms with Gasteiger partial charge in [0.1, 0.15) is 11.5 Å². The summed E-state index contributed by atoms with van der Waals surface area (Å²) in [5.41, 5.74) is 0.875. The van der Waals surface area contributed by atoms with Crippen LogP contribution < -0.4 is 10.1 Å². The number of carbonyl (C=O) groups is 1. The van der Waals surface area contributed by atoms with E-state index in [4.69, 9.17) is 9.15 Å². The van der Waals surface area contributed by atoms with Gasteiger partial charge in [-0.15, -0.1) is 0 Å². The molecule has 1 atom stereocenters. The summed E-state index contributed by atoms with van der Waals surface area (Å²) in [6, 6.07) is 19.9. The number of hydrogen-bond acceptors (Lipinski definition) is 4. The van der Waals surface area contributed by atoms with Crippen LogP contribution in [0.1, 0.15) is 21.9 Å². The van der Waals surface area contributed by atoms with Gasteiger partial charge >= 0.3 is 0 Å². The second kappa shape index (κ2) is 8.49. The molecule has 6 heteroatoms. The summed E-state index contributed by atoms with van der Waals surface area (Å²) >= 11 is 0. The summed E-state index contributed by atoms with van der Waals surface area (Å²) in [7, 11) is 0.376. The topological polar surface area (TPSA) is 68.5 Å². The summed E-state index contributed by atoms with van der Waals surface area (Å²) in [6.07, 6.45) is 0. The Morgan fingerprint density at radius 3 is 2.54 bits per heavy atom. The van der Waals surface area contributed by atoms with Crippen molar-refractivity contribution in [1.29, 1.82) is 0 Å². The zero-order valence-corrected chi connectivity index (χ0v) is 15.1. The maximum Gasteiger partial charge on any atom is 0.287 e. The van der Waals surface area contributed by atoms with Crippen LogP contribution in [-0.2, 0) is 23.1 Å². The number of nitrogens with one attached hydrogen (secondary N) is 1. The van der Waals surface area contributed by atoms with Crippen molar-refractivity contribution < 1.29 is 18.2 Å². The number of hydrogen-bond donors (Lipinski definition) is 1. The average molecular weight is 369 g/mol. The van der Waals surface area contributed by atoms with E-state index < -0.39 is 10.8 Å². The molecule has 0 radical (unpaired) electrons. The third-order valence-electron chi connectivity index (χ3n) is 3.80. The lowest BCUT2D eigenvalue weighted by Crippen LogP contribution is -2.22. The maximum atomic E-state index is 12.3. The van der Waals surface area contributed by atoms with Crippen LogP contribution in [0, 0.1) is 0 Å². The molecule has 0 saturated carbocycles. The fourth-order valence-electron chi connectivity index (χ4n) is 2.47. The minimum atomic E-state index is -1.21. The third kappa shape index (κ3) is 4.40. The van der Waals surface area contributed by atoms with Gasteiger partial charge in [-0.25, -0.2) is 0 Å². The standard InChI is InChI=1S/C20H19NO4S/c1-24-18-10-6-5-7-15(18)13-21-20(22)19-12-11-16(25-19)14-26(23)17-8-3-2-4-9-17/h2-12H,13-14H2,1H3,(H,21,22). The zero-order chi connectivity index (χ0) is 18.4. The van der Waals surface area contributed by atoms with Gasteiger partial charge in [-0.05, 0) is 30.3 Å². The molecule has 5 nitrogen and oxygen atoms in total. The smallest absolute Gasteiger partial charge is 0.287 e. The third-order valence-corrected chi connectivity index (χ3v) is 5.14. The van der Waals surface area contributed by atoms with E-state index in [1.807, 2.05) is 42.5 Å². The van der Waals surface area contributed by atoms with Crippen LogP contribution in [0.25, 0.3) is 0 Å². The van der Waals surface area contributed by atoms with Gasteiger partial charge in [-0.3, -0.25) is 9.00 Å². The maximum absolute atomic E-state index is 12.3. The highest BCUT2D eigenvalue weighted by molar-refractivity contribution is 7.84. The van der Waals surface area contributed by atoms with Crippen molar-refractivity contribution in [2.45, 2.75) is 17.2 Å². The number of rotatable bonds is 7. The molecule has 0 bridgehead atoms. The van der Waals surface area contributed by atoms with Crippen LogP contribution >= 0.6 is 0 Å². The van der Waals surface area contributed by atoms with Crippen LogP contribution in [0.5, 0.6) is 5.75 Å². The largest absolute Gasteiger partial charge is 0.496 e. The summed E-state index contributed by atoms with van der Waals surface area (Å²) in [5, 5.41) is 2.80. The van der Waals surface area contributed by atoms with Gasteiger partial charge in [-0.2, -0.15) is 0 Å². The van der Waals surface area contributed by atoms with Crippen LogP contribution in [0.2, 0.25) is 0 Å². The second-order valence-corrected chi connectivity index (χ2v) is 7.01. The number of benzene rings is 2. The molecule has 1 unspecified atom stereocenters. The van der Waals surface area contributed by atoms with Gasteiger partial charge in [0.05, 0.1) is 23.7 Å². The van der Waals surface area contributed by atoms with Crippen molar-refractivity contribution >= 4 is 16.7 Å². The molecule has 1 amide bonds. The molecule has 1 heterocycles. The number of furan rings is 1. The highest BCUT2D eigenvalue weighted by Crippen LogP contribution is 2.18. The molecule has 0 saturated heterocycles. The Kier molecular flexibility index (Phi) is 5.86. The lowest BCUT2D eigenvalue weighted by molar-refractivity contribution is 0.0921. The van der Waals surface area contributed by atoms with Crippen molar-refractivity contribution in [1.82, 2.24) is 5.32 Å². The Morgan fingerprint density at radius 1 is 1.04 bits per heavy atom. The van der Waals surface area contributed by atoms with Gasteiger partial charge in [0.2, 0.25) is 0 Å². The zero-order valence-electron chi connectivity index (χ0n) is 14.3. The van der Waals surface area contributed by atoms with Crippen molar-refractivity contribution in [2.75, 3.05) is 7.11 Å². The van der Waals surface area contributed by atoms with Gasteiger partial charge in [0.25, 0.3) is 5.91 Å². The first-order chi connectivity index (χ1) is 12.7. The number of amides is 1. The normalized spacial score (nSPS) is 11.7. The SMILES string of the molecule is COc1ccccc1CNC(=O)c1ccc(CS(=O)c2ccccc2)o1. The first-order valence-corrected chi connectivity index (χ1v) is 9.41. The van der Waals surface area contributed by atoms with Crippen molar-refractivity contribution in [3.05, 3.63) is 83.8 Å². The lowest BCUT2D eigenvalue weighted by atomic mass is 10.2. The van der Waals surface area contributed by atoms with Crippen molar-refractivity contribution in [3.8, 4) is 5.75 Å². The van der Waals surface area contributed by atoms with Crippen LogP contribution in [-0.4, -0.2) is 17.2 Å². The minimum absolute atomic E-state index is 0.194. The molecule has 0 aliphatic rings. The molecule has 0 fully saturated rings. The highest BCUT2D eigenvalue weighted by Gasteiger charge is 2.14. The molecule has 3 rings (SSSR count). The van der Waals surface area contributed by atoms with E-state index >= 15 is 0 Å². The lowest BCUT2D eigenvalue weighted by Gasteiger charge is -2.08. The van der Waals surface area contributed by atoms with Crippen LogP contribution in [0.4, 0.5) is 0 Å². The van der Waals surface area contributed by atoms with Crippen molar-refractivity contribution in [2.24, 2.45) is 0 Å². The number of para-hydroxylation sites is 1. The highest BCUT2D eigenvalue weighted by atomic mass is 32.2. The Bertz CT molecular complexity index is 905. The Morgan fingerprint density at radius 2 is 1.77 bits per heavy atom. The van der Waals surface area contributed by atoms with Gasteiger partial charge in [0.15, 0.2) is 5.76 Å². The molecule has 0 spiro atoms. The summed E-state index contributed by atoms with van der Waals surface area (Å²) in [5.74, 6) is 1.32. The fraction of sp³-hybridized carbons (Fsp3) is 0.150. The molecule has 26 heavy (non-hydrogen) atoms. The van der Waals surface area contributed by atoms with Crippen LogP contribution in [0.3, 0.4) is 0 Å². The van der Waals surface area contributed by atoms with E-state index in [2.05, 4.69) is 5.32 Å². The van der Waals surface area contributed by atoms with Gasteiger partial charge in [0, 0.05) is 17.0 Å². The molecule has 134 valence electrons. The molecule has 0 aliphatic carbocycles. The van der Waals surface area contributed by atoms with E-state index in [1.54, 1.807) is 31.4 Å². The molecule has 1 aromatic heterocycles. The monoisotopic (exact) mass is 369 g/mol. The summed E-state index contributed by atoms with van der Waals surface area (Å²) < 4.78 is 23.1. The molecule has 0 aliphatic heterocycles. The first-order valence-electron chi connectivity index (χ1n) is 8.09. The van der Waals surface area contributed by atoms with Gasteiger partial charge < -0.3 is 14.5 Å². The Balaban J connectivity index is 1.60. The summed E-state index contributed by atoms with van der Waals surface area (Å²) in [4.78, 5) is 13.0. The minimum Gasteiger partial charge on any atom is -0.496 e. The predicted octanol–water partition coefficient (Wildman–Crippen LogP) is 3.53. The predicted molar refractivity (Wildman–Crippen MR) is 99.4 cm³/mol. The molecular formula is C20H19NO4S. The first kappa shape index (κ1) is 17.9. The molecule has 2 aromatic carbocycles. The van der Waals surface area contributed by atoms with E-state index in [9.17, 15) is 9.00 Å². The van der Waals surface area contributed by atoms with Gasteiger partial charge in [-0.1, -0.05) is 36.4 Å². The quantitative estimate of drug-likeness (QED) is 0.692. The number of carbonyl (C=O) groups excluding carboxylic acids is 1. The molecular weight excluding hydrogens is 350 g/mol. The van der Waals surface area contributed by atoms with Crippen molar-refractivity contribution in [3.63, 3.8) is 0 Å². The van der Waals surface area contributed by atoms with Crippen LogP contribution in [0.15, 0.2) is 76.0 Å². The Labute approximate surface area is 154 Å². The summed E-state index contributed by atoms with van der Waals surface area (Å²) in [6.45, 7) is 0.328. The number of methoxy groups -OCH3 is 1. The second-order valence-electron chi connectivity index (χ2n) is 5.56. The fourth-order valence-corrected chi connectivity index (χ4v) is 3.51. The van der Waals surface area contributed by atoms with E-state index in [1.165, 1.54) is 0 Å². The van der Waals surface area contributed by atoms with E-state index in [-0.39, 0.29) is 17.4 Å². The Hall–Kier alpha value is -2.86. The van der Waals surface area contributed by atoms with E-state index in [0.29, 0.717) is 18.1 Å².